The van der Waals surface area contributed by atoms with Gasteiger partial charge in [-0.15, -0.1) is 0 Å². The van der Waals surface area contributed by atoms with E-state index in [1.54, 1.807) is 0 Å². The van der Waals surface area contributed by atoms with Gasteiger partial charge in [-0.05, 0) is 24.7 Å². The molecular weight excluding hydrogens is 218 g/mol. The summed E-state index contributed by atoms with van der Waals surface area (Å²) in [5, 5.41) is 0. The SMILES string of the molecule is CCCCCCCCCC1(N)CCCCC1(C)C. The molecule has 1 rings (SSSR count). The fourth-order valence-electron chi connectivity index (χ4n) is 3.46. The Bertz CT molecular complexity index is 222. The summed E-state index contributed by atoms with van der Waals surface area (Å²) in [7, 11) is 0. The van der Waals surface area contributed by atoms with Crippen LogP contribution in [0.25, 0.3) is 0 Å². The first-order valence-electron chi connectivity index (χ1n) is 8.31. The Hall–Kier alpha value is -0.0400. The van der Waals surface area contributed by atoms with E-state index in [9.17, 15) is 0 Å². The van der Waals surface area contributed by atoms with Crippen molar-refractivity contribution >= 4 is 0 Å². The molecule has 1 atom stereocenters. The van der Waals surface area contributed by atoms with Gasteiger partial charge >= 0.3 is 0 Å². The predicted octanol–water partition coefficient (Wildman–Crippen LogP) is 5.42. The number of hydrogen-bond donors (Lipinski definition) is 1. The molecule has 1 unspecified atom stereocenters. The second-order valence-corrected chi connectivity index (χ2v) is 7.12. The number of nitrogens with two attached hydrogens (primary N) is 1. The van der Waals surface area contributed by atoms with E-state index < -0.39 is 0 Å². The second-order valence-electron chi connectivity index (χ2n) is 7.12. The third-order valence-corrected chi connectivity index (χ3v) is 5.25. The molecule has 1 fully saturated rings. The van der Waals surface area contributed by atoms with Crippen LogP contribution >= 0.6 is 0 Å². The van der Waals surface area contributed by atoms with E-state index in [0.717, 1.165) is 0 Å². The van der Waals surface area contributed by atoms with Crippen LogP contribution in [-0.2, 0) is 0 Å². The molecular formula is C17H35N. The molecule has 1 heteroatoms. The van der Waals surface area contributed by atoms with Gasteiger partial charge in [0.1, 0.15) is 0 Å². The molecule has 1 nitrogen and oxygen atoms in total. The topological polar surface area (TPSA) is 26.0 Å². The average molecular weight is 253 g/mol. The maximum atomic E-state index is 6.70. The van der Waals surface area contributed by atoms with Gasteiger partial charge < -0.3 is 5.73 Å². The van der Waals surface area contributed by atoms with E-state index in [1.165, 1.54) is 77.0 Å². The fraction of sp³-hybridized carbons (Fsp3) is 1.00. The highest BCUT2D eigenvalue weighted by Gasteiger charge is 2.42. The van der Waals surface area contributed by atoms with Crippen LogP contribution in [-0.4, -0.2) is 5.54 Å². The van der Waals surface area contributed by atoms with Gasteiger partial charge in [0.15, 0.2) is 0 Å². The summed E-state index contributed by atoms with van der Waals surface area (Å²) in [6.45, 7) is 7.05. The van der Waals surface area contributed by atoms with Crippen molar-refractivity contribution in [2.75, 3.05) is 0 Å². The standard InChI is InChI=1S/C17H35N/c1-4-5-6-7-8-9-10-14-17(18)15-12-11-13-16(17,2)3/h4-15,18H2,1-3H3. The molecule has 0 saturated heterocycles. The molecule has 0 amide bonds. The van der Waals surface area contributed by atoms with Crippen LogP contribution in [0.15, 0.2) is 0 Å². The third kappa shape index (κ3) is 4.57. The minimum Gasteiger partial charge on any atom is -0.325 e. The molecule has 1 aliphatic carbocycles. The smallest absolute Gasteiger partial charge is 0.0206 e. The molecule has 1 saturated carbocycles. The quantitative estimate of drug-likeness (QED) is 0.574. The number of unbranched alkanes of at least 4 members (excludes halogenated alkanes) is 6. The van der Waals surface area contributed by atoms with E-state index >= 15 is 0 Å². The lowest BCUT2D eigenvalue weighted by Crippen LogP contribution is -2.54. The molecule has 1 aliphatic rings. The number of rotatable bonds is 8. The Labute approximate surface area is 115 Å². The van der Waals surface area contributed by atoms with Crippen molar-refractivity contribution in [1.82, 2.24) is 0 Å². The Morgan fingerprint density at radius 1 is 0.833 bits per heavy atom. The van der Waals surface area contributed by atoms with E-state index in [1.807, 2.05) is 0 Å². The van der Waals surface area contributed by atoms with Gasteiger partial charge in [-0.25, -0.2) is 0 Å². The van der Waals surface area contributed by atoms with Crippen LogP contribution in [0.5, 0.6) is 0 Å². The minimum atomic E-state index is 0.120. The van der Waals surface area contributed by atoms with Gasteiger partial charge in [0.2, 0.25) is 0 Å². The average Bonchev–Trinajstić information content (AvgIpc) is 2.32. The molecule has 0 bridgehead atoms. The lowest BCUT2D eigenvalue weighted by atomic mass is 9.62. The van der Waals surface area contributed by atoms with Crippen LogP contribution < -0.4 is 5.73 Å². The number of hydrogen-bond acceptors (Lipinski definition) is 1. The van der Waals surface area contributed by atoms with Crippen LogP contribution in [0.2, 0.25) is 0 Å². The second kappa shape index (κ2) is 7.53. The summed E-state index contributed by atoms with van der Waals surface area (Å²) < 4.78 is 0. The van der Waals surface area contributed by atoms with Gasteiger partial charge in [-0.1, -0.05) is 78.6 Å². The molecule has 0 heterocycles. The summed E-state index contributed by atoms with van der Waals surface area (Å²) in [5.41, 5.74) is 7.17. The summed E-state index contributed by atoms with van der Waals surface area (Å²) in [6.07, 6.45) is 16.3. The zero-order valence-electron chi connectivity index (χ0n) is 13.1. The largest absolute Gasteiger partial charge is 0.325 e. The molecule has 108 valence electrons. The van der Waals surface area contributed by atoms with Crippen LogP contribution in [0.3, 0.4) is 0 Å². The van der Waals surface area contributed by atoms with Gasteiger partial charge in [0.25, 0.3) is 0 Å². The van der Waals surface area contributed by atoms with E-state index in [0.29, 0.717) is 5.41 Å². The highest BCUT2D eigenvalue weighted by Crippen LogP contribution is 2.44. The first kappa shape index (κ1) is 16.0. The van der Waals surface area contributed by atoms with Crippen molar-refractivity contribution < 1.29 is 0 Å². The maximum Gasteiger partial charge on any atom is 0.0206 e. The summed E-state index contributed by atoms with van der Waals surface area (Å²) in [6, 6.07) is 0. The molecule has 0 aromatic heterocycles. The Morgan fingerprint density at radius 2 is 1.39 bits per heavy atom. The molecule has 0 spiro atoms. The summed E-state index contributed by atoms with van der Waals surface area (Å²) >= 11 is 0. The van der Waals surface area contributed by atoms with Crippen molar-refractivity contribution in [3.05, 3.63) is 0 Å². The zero-order valence-corrected chi connectivity index (χ0v) is 13.1. The third-order valence-electron chi connectivity index (χ3n) is 5.25. The van der Waals surface area contributed by atoms with Gasteiger partial charge in [0.05, 0.1) is 0 Å². The lowest BCUT2D eigenvalue weighted by Gasteiger charge is -2.48. The van der Waals surface area contributed by atoms with Crippen molar-refractivity contribution in [2.24, 2.45) is 11.1 Å². The molecule has 18 heavy (non-hydrogen) atoms. The minimum absolute atomic E-state index is 0.120. The maximum absolute atomic E-state index is 6.70. The molecule has 0 aromatic rings. The zero-order chi connectivity index (χ0) is 13.5. The van der Waals surface area contributed by atoms with Crippen molar-refractivity contribution in [2.45, 2.75) is 103 Å². The van der Waals surface area contributed by atoms with Crippen LogP contribution in [0.4, 0.5) is 0 Å². The van der Waals surface area contributed by atoms with Crippen molar-refractivity contribution in [1.29, 1.82) is 0 Å². The Kier molecular flexibility index (Phi) is 6.70. The fourth-order valence-corrected chi connectivity index (χ4v) is 3.46. The van der Waals surface area contributed by atoms with Gasteiger partial charge in [-0.2, -0.15) is 0 Å². The van der Waals surface area contributed by atoms with E-state index in [4.69, 9.17) is 5.73 Å². The molecule has 0 radical (unpaired) electrons. The summed E-state index contributed by atoms with van der Waals surface area (Å²) in [5.74, 6) is 0. The molecule has 0 aromatic carbocycles. The first-order valence-corrected chi connectivity index (χ1v) is 8.31. The highest BCUT2D eigenvalue weighted by molar-refractivity contribution is 4.99. The van der Waals surface area contributed by atoms with Crippen molar-refractivity contribution in [3.8, 4) is 0 Å². The van der Waals surface area contributed by atoms with Gasteiger partial charge in [-0.3, -0.25) is 0 Å². The molecule has 2 N–H and O–H groups in total. The normalized spacial score (nSPS) is 27.3. The van der Waals surface area contributed by atoms with Crippen LogP contribution in [0, 0.1) is 5.41 Å². The van der Waals surface area contributed by atoms with Gasteiger partial charge in [0, 0.05) is 5.54 Å². The first-order chi connectivity index (χ1) is 8.52. The van der Waals surface area contributed by atoms with Crippen molar-refractivity contribution in [3.63, 3.8) is 0 Å². The molecule has 0 aliphatic heterocycles. The Morgan fingerprint density at radius 3 is 2.00 bits per heavy atom. The predicted molar refractivity (Wildman–Crippen MR) is 81.8 cm³/mol. The lowest BCUT2D eigenvalue weighted by molar-refractivity contribution is 0.0879. The monoisotopic (exact) mass is 253 g/mol. The summed E-state index contributed by atoms with van der Waals surface area (Å²) in [4.78, 5) is 0. The van der Waals surface area contributed by atoms with E-state index in [2.05, 4.69) is 20.8 Å². The Balaban J connectivity index is 2.17. The van der Waals surface area contributed by atoms with E-state index in [-0.39, 0.29) is 5.54 Å². The van der Waals surface area contributed by atoms with Crippen LogP contribution in [0.1, 0.15) is 97.8 Å². The highest BCUT2D eigenvalue weighted by atomic mass is 14.8.